The summed E-state index contributed by atoms with van der Waals surface area (Å²) in [5.41, 5.74) is 0.629. The van der Waals surface area contributed by atoms with Crippen LogP contribution in [0, 0.1) is 0 Å². The second-order valence-corrected chi connectivity index (χ2v) is 8.97. The Balaban J connectivity index is 1.80. The highest BCUT2D eigenvalue weighted by Crippen LogP contribution is 2.28. The number of hydrogen-bond donors (Lipinski definition) is 1. The molecule has 0 spiro atoms. The molecule has 0 unspecified atom stereocenters. The number of sulfonamides is 1. The van der Waals surface area contributed by atoms with Gasteiger partial charge in [0.25, 0.3) is 0 Å². The molecule has 1 amide bonds. The molecule has 1 N–H and O–H groups in total. The first kappa shape index (κ1) is 18.4. The van der Waals surface area contributed by atoms with Crippen LogP contribution in [0.5, 0.6) is 0 Å². The van der Waals surface area contributed by atoms with E-state index in [1.54, 1.807) is 12.1 Å². The van der Waals surface area contributed by atoms with Crippen molar-refractivity contribution in [1.29, 1.82) is 0 Å². The topological polar surface area (TPSA) is 66.5 Å². The van der Waals surface area contributed by atoms with Crippen LogP contribution in [0.3, 0.4) is 0 Å². The number of amides is 1. The van der Waals surface area contributed by atoms with Crippen LogP contribution in [0.4, 0.5) is 5.69 Å². The molecule has 1 aliphatic rings. The first-order chi connectivity index (χ1) is 11.9. The third-order valence-corrected chi connectivity index (χ3v) is 6.74. The molecule has 2 aromatic carbocycles. The standard InChI is InChI=1S/C17H16BrClN2O3S/c18-12-3-7-14(8-4-12)20-17(22)16-2-1-11-21(16)25(23,24)15-9-5-13(19)6-10-15/h3-10,16H,1-2,11H2,(H,20,22)/t16-/m0/s1. The Morgan fingerprint density at radius 1 is 1.12 bits per heavy atom. The van der Waals surface area contributed by atoms with Gasteiger partial charge in [0.15, 0.2) is 0 Å². The van der Waals surface area contributed by atoms with Crippen LogP contribution in [0.1, 0.15) is 12.8 Å². The van der Waals surface area contributed by atoms with E-state index in [0.29, 0.717) is 30.1 Å². The molecule has 8 heteroatoms. The van der Waals surface area contributed by atoms with Gasteiger partial charge in [0, 0.05) is 21.7 Å². The summed E-state index contributed by atoms with van der Waals surface area (Å²) in [4.78, 5) is 12.7. The summed E-state index contributed by atoms with van der Waals surface area (Å²) in [6, 6.07) is 12.4. The Morgan fingerprint density at radius 2 is 1.76 bits per heavy atom. The normalized spacial score (nSPS) is 18.2. The van der Waals surface area contributed by atoms with E-state index in [1.807, 2.05) is 12.1 Å². The van der Waals surface area contributed by atoms with Gasteiger partial charge in [-0.15, -0.1) is 0 Å². The molecule has 2 aromatic rings. The summed E-state index contributed by atoms with van der Waals surface area (Å²) in [5.74, 6) is -0.322. The molecule has 0 radical (unpaired) electrons. The molecule has 3 rings (SSSR count). The number of anilines is 1. The van der Waals surface area contributed by atoms with Gasteiger partial charge in [-0.3, -0.25) is 4.79 Å². The van der Waals surface area contributed by atoms with Gasteiger partial charge in [0.05, 0.1) is 4.90 Å². The minimum absolute atomic E-state index is 0.139. The molecule has 1 aliphatic heterocycles. The molecule has 5 nitrogen and oxygen atoms in total. The molecule has 0 bridgehead atoms. The van der Waals surface area contributed by atoms with Crippen molar-refractivity contribution in [2.75, 3.05) is 11.9 Å². The molecule has 0 saturated carbocycles. The largest absolute Gasteiger partial charge is 0.325 e. The van der Waals surface area contributed by atoms with Crippen molar-refractivity contribution in [2.24, 2.45) is 0 Å². The van der Waals surface area contributed by atoms with Crippen LogP contribution in [-0.4, -0.2) is 31.2 Å². The molecular formula is C17H16BrClN2O3S. The van der Waals surface area contributed by atoms with E-state index in [-0.39, 0.29) is 10.8 Å². The lowest BCUT2D eigenvalue weighted by atomic mass is 10.2. The number of rotatable bonds is 4. The fourth-order valence-electron chi connectivity index (χ4n) is 2.79. The van der Waals surface area contributed by atoms with E-state index in [9.17, 15) is 13.2 Å². The molecule has 1 heterocycles. The van der Waals surface area contributed by atoms with Crippen LogP contribution in [0.15, 0.2) is 57.9 Å². The molecule has 1 saturated heterocycles. The molecule has 1 atom stereocenters. The maximum absolute atomic E-state index is 12.9. The summed E-state index contributed by atoms with van der Waals surface area (Å²) in [5, 5.41) is 3.25. The summed E-state index contributed by atoms with van der Waals surface area (Å²) < 4.78 is 27.9. The van der Waals surface area contributed by atoms with Crippen molar-refractivity contribution in [3.63, 3.8) is 0 Å². The molecule has 0 aliphatic carbocycles. The predicted molar refractivity (Wildman–Crippen MR) is 101 cm³/mol. The van der Waals surface area contributed by atoms with Gasteiger partial charge < -0.3 is 5.32 Å². The van der Waals surface area contributed by atoms with Crippen molar-refractivity contribution in [2.45, 2.75) is 23.8 Å². The van der Waals surface area contributed by atoms with Crippen molar-refractivity contribution in [3.8, 4) is 0 Å². The first-order valence-electron chi connectivity index (χ1n) is 7.72. The maximum Gasteiger partial charge on any atom is 0.243 e. The van der Waals surface area contributed by atoms with Crippen molar-refractivity contribution >= 4 is 49.1 Å². The number of nitrogens with zero attached hydrogens (tertiary/aromatic N) is 1. The number of nitrogens with one attached hydrogen (secondary N) is 1. The predicted octanol–water partition coefficient (Wildman–Crippen LogP) is 3.89. The Labute approximate surface area is 160 Å². The fraction of sp³-hybridized carbons (Fsp3) is 0.235. The van der Waals surface area contributed by atoms with Gasteiger partial charge in [-0.1, -0.05) is 27.5 Å². The lowest BCUT2D eigenvalue weighted by Crippen LogP contribution is -2.43. The number of hydrogen-bond acceptors (Lipinski definition) is 3. The number of carbonyl (C=O) groups is 1. The van der Waals surface area contributed by atoms with Crippen molar-refractivity contribution < 1.29 is 13.2 Å². The van der Waals surface area contributed by atoms with E-state index < -0.39 is 16.1 Å². The highest BCUT2D eigenvalue weighted by atomic mass is 79.9. The third kappa shape index (κ3) is 4.06. The minimum Gasteiger partial charge on any atom is -0.325 e. The number of benzene rings is 2. The molecule has 132 valence electrons. The Kier molecular flexibility index (Phi) is 5.48. The molecule has 0 aromatic heterocycles. The van der Waals surface area contributed by atoms with Gasteiger partial charge in [-0.05, 0) is 61.4 Å². The van der Waals surface area contributed by atoms with Crippen LogP contribution in [0.25, 0.3) is 0 Å². The van der Waals surface area contributed by atoms with Crippen LogP contribution < -0.4 is 5.32 Å². The maximum atomic E-state index is 12.9. The third-order valence-electron chi connectivity index (χ3n) is 4.04. The molecule has 25 heavy (non-hydrogen) atoms. The van der Waals surface area contributed by atoms with E-state index in [4.69, 9.17) is 11.6 Å². The van der Waals surface area contributed by atoms with E-state index in [0.717, 1.165) is 4.47 Å². The monoisotopic (exact) mass is 442 g/mol. The molecular weight excluding hydrogens is 428 g/mol. The summed E-state index contributed by atoms with van der Waals surface area (Å²) >= 11 is 9.16. The van der Waals surface area contributed by atoms with Crippen molar-refractivity contribution in [1.82, 2.24) is 4.31 Å². The van der Waals surface area contributed by atoms with Crippen molar-refractivity contribution in [3.05, 3.63) is 58.0 Å². The summed E-state index contributed by atoms with van der Waals surface area (Å²) in [7, 11) is -3.74. The summed E-state index contributed by atoms with van der Waals surface area (Å²) in [6.07, 6.45) is 1.14. The quantitative estimate of drug-likeness (QED) is 0.779. The number of carbonyl (C=O) groups excluding carboxylic acids is 1. The molecule has 1 fully saturated rings. The highest BCUT2D eigenvalue weighted by Gasteiger charge is 2.39. The smallest absolute Gasteiger partial charge is 0.243 e. The average molecular weight is 444 g/mol. The zero-order chi connectivity index (χ0) is 18.0. The Bertz CT molecular complexity index is 870. The van der Waals surface area contributed by atoms with Gasteiger partial charge in [-0.2, -0.15) is 4.31 Å². The van der Waals surface area contributed by atoms with Crippen LogP contribution in [-0.2, 0) is 14.8 Å². The lowest BCUT2D eigenvalue weighted by Gasteiger charge is -2.23. The van der Waals surface area contributed by atoms with Gasteiger partial charge in [-0.25, -0.2) is 8.42 Å². The Hall–Kier alpha value is -1.41. The van der Waals surface area contributed by atoms with Gasteiger partial charge in [0.1, 0.15) is 6.04 Å². The first-order valence-corrected chi connectivity index (χ1v) is 10.3. The van der Waals surface area contributed by atoms with Gasteiger partial charge >= 0.3 is 0 Å². The van der Waals surface area contributed by atoms with E-state index in [2.05, 4.69) is 21.2 Å². The SMILES string of the molecule is O=C(Nc1ccc(Br)cc1)[C@@H]1CCCN1S(=O)(=O)c1ccc(Cl)cc1. The Morgan fingerprint density at radius 3 is 2.40 bits per heavy atom. The average Bonchev–Trinajstić information content (AvgIpc) is 3.08. The second-order valence-electron chi connectivity index (χ2n) is 5.72. The van der Waals surface area contributed by atoms with Gasteiger partial charge in [0.2, 0.25) is 15.9 Å². The second kappa shape index (κ2) is 7.45. The zero-order valence-corrected chi connectivity index (χ0v) is 16.3. The van der Waals surface area contributed by atoms with Crippen LogP contribution >= 0.6 is 27.5 Å². The summed E-state index contributed by atoms with van der Waals surface area (Å²) in [6.45, 7) is 0.323. The van der Waals surface area contributed by atoms with E-state index >= 15 is 0 Å². The lowest BCUT2D eigenvalue weighted by molar-refractivity contribution is -0.119. The zero-order valence-electron chi connectivity index (χ0n) is 13.2. The number of halogens is 2. The van der Waals surface area contributed by atoms with E-state index in [1.165, 1.54) is 28.6 Å². The highest BCUT2D eigenvalue weighted by molar-refractivity contribution is 9.10. The fourth-order valence-corrected chi connectivity index (χ4v) is 4.84. The van der Waals surface area contributed by atoms with Crippen LogP contribution in [0.2, 0.25) is 5.02 Å². The minimum atomic E-state index is -3.74.